The van der Waals surface area contributed by atoms with Gasteiger partial charge in [0.15, 0.2) is 0 Å². The first kappa shape index (κ1) is 21.9. The van der Waals surface area contributed by atoms with Crippen LogP contribution in [0.4, 0.5) is 0 Å². The molecular weight excluding hydrogens is 440 g/mol. The number of piperidine rings is 2. The molecule has 4 heterocycles. The molecule has 5 rings (SSSR count). The van der Waals surface area contributed by atoms with Crippen molar-refractivity contribution < 1.29 is 14.4 Å². The molecule has 2 aromatic rings. The first-order valence-electron chi connectivity index (χ1n) is 11.6. The van der Waals surface area contributed by atoms with E-state index in [1.807, 2.05) is 34.1 Å². The van der Waals surface area contributed by atoms with Gasteiger partial charge in [0.2, 0.25) is 5.91 Å². The number of fused-ring (bicyclic) bond motifs is 1. The highest BCUT2D eigenvalue weighted by Crippen LogP contribution is 2.29. The average Bonchev–Trinajstić information content (AvgIpc) is 3.20. The first-order chi connectivity index (χ1) is 16.0. The molecule has 0 unspecified atom stereocenters. The van der Waals surface area contributed by atoms with Crippen molar-refractivity contribution in [3.8, 4) is 0 Å². The highest BCUT2D eigenvalue weighted by atomic mass is 35.5. The summed E-state index contributed by atoms with van der Waals surface area (Å²) in [6.07, 6.45) is 4.46. The average molecular weight is 467 g/mol. The van der Waals surface area contributed by atoms with Crippen LogP contribution >= 0.6 is 11.6 Å². The van der Waals surface area contributed by atoms with Crippen molar-refractivity contribution in [1.82, 2.24) is 19.7 Å². The number of amides is 3. The topological polar surface area (TPSA) is 73.8 Å². The number of aromatic nitrogens is 1. The van der Waals surface area contributed by atoms with Crippen molar-refractivity contribution in [3.63, 3.8) is 0 Å². The van der Waals surface area contributed by atoms with E-state index in [2.05, 4.69) is 4.98 Å². The maximum absolute atomic E-state index is 13.1. The molecule has 1 aromatic heterocycles. The van der Waals surface area contributed by atoms with Crippen LogP contribution < -0.4 is 0 Å². The number of hydrogen-bond donors (Lipinski definition) is 0. The van der Waals surface area contributed by atoms with E-state index in [1.54, 1.807) is 17.0 Å². The van der Waals surface area contributed by atoms with Crippen molar-refractivity contribution in [2.24, 2.45) is 5.92 Å². The van der Waals surface area contributed by atoms with E-state index in [4.69, 9.17) is 11.6 Å². The molecule has 0 atom stereocenters. The molecule has 0 N–H and O–H groups in total. The predicted octanol–water partition coefficient (Wildman–Crippen LogP) is 3.23. The quantitative estimate of drug-likeness (QED) is 0.651. The summed E-state index contributed by atoms with van der Waals surface area (Å²) in [5, 5.41) is 0.360. The van der Waals surface area contributed by atoms with Gasteiger partial charge in [-0.1, -0.05) is 29.8 Å². The third-order valence-corrected chi connectivity index (χ3v) is 7.40. The van der Waals surface area contributed by atoms with E-state index in [-0.39, 0.29) is 29.7 Å². The number of hydrogen-bond acceptors (Lipinski definition) is 4. The Kier molecular flexibility index (Phi) is 6.06. The molecule has 0 radical (unpaired) electrons. The van der Waals surface area contributed by atoms with E-state index < -0.39 is 0 Å². The molecule has 3 amide bonds. The Morgan fingerprint density at radius 3 is 2.27 bits per heavy atom. The number of carbonyl (C=O) groups is 3. The first-order valence-corrected chi connectivity index (χ1v) is 12.0. The minimum absolute atomic E-state index is 0.0494. The molecule has 7 nitrogen and oxygen atoms in total. The van der Waals surface area contributed by atoms with Crippen LogP contribution in [0.15, 0.2) is 42.6 Å². The summed E-state index contributed by atoms with van der Waals surface area (Å²) in [5.74, 6) is 0.182. The molecule has 1 aromatic carbocycles. The Balaban J connectivity index is 1.11. The zero-order chi connectivity index (χ0) is 22.9. The lowest BCUT2D eigenvalue weighted by Gasteiger charge is -2.39. The van der Waals surface area contributed by atoms with Crippen LogP contribution in [-0.2, 0) is 11.3 Å². The fraction of sp³-hybridized carbons (Fsp3) is 0.440. The summed E-state index contributed by atoms with van der Waals surface area (Å²) < 4.78 is 0. The van der Waals surface area contributed by atoms with Crippen molar-refractivity contribution in [2.75, 3.05) is 26.2 Å². The van der Waals surface area contributed by atoms with Gasteiger partial charge in [-0.15, -0.1) is 0 Å². The second-order valence-electron chi connectivity index (χ2n) is 9.08. The molecule has 172 valence electrons. The number of rotatable bonds is 3. The SMILES string of the molecule is O=C(c1ccc(Cl)nc1)N1CCC(C(=O)N2CCC(N3Cc4ccccc4C3=O)CC2)CC1. The Morgan fingerprint density at radius 1 is 0.909 bits per heavy atom. The molecule has 3 aliphatic rings. The second kappa shape index (κ2) is 9.14. The van der Waals surface area contributed by atoms with Gasteiger partial charge in [-0.25, -0.2) is 4.98 Å². The fourth-order valence-electron chi connectivity index (χ4n) is 5.24. The second-order valence-corrected chi connectivity index (χ2v) is 9.47. The lowest BCUT2D eigenvalue weighted by atomic mass is 9.93. The van der Waals surface area contributed by atoms with E-state index in [9.17, 15) is 14.4 Å². The van der Waals surface area contributed by atoms with Gasteiger partial charge in [0.05, 0.1) is 5.56 Å². The highest BCUT2D eigenvalue weighted by Gasteiger charge is 2.37. The molecule has 0 aliphatic carbocycles. The third kappa shape index (κ3) is 4.34. The lowest BCUT2D eigenvalue weighted by molar-refractivity contribution is -0.138. The number of nitrogens with zero attached hydrogens (tertiary/aromatic N) is 4. The number of halogens is 1. The molecule has 2 saturated heterocycles. The Morgan fingerprint density at radius 2 is 1.61 bits per heavy atom. The maximum atomic E-state index is 13.1. The van der Waals surface area contributed by atoms with Crippen LogP contribution in [0.25, 0.3) is 0 Å². The molecule has 0 bridgehead atoms. The summed E-state index contributed by atoms with van der Waals surface area (Å²) in [6.45, 7) is 3.16. The van der Waals surface area contributed by atoms with Gasteiger partial charge in [0, 0.05) is 56.4 Å². The van der Waals surface area contributed by atoms with Gasteiger partial charge < -0.3 is 14.7 Å². The van der Waals surface area contributed by atoms with Crippen LogP contribution in [0.3, 0.4) is 0 Å². The van der Waals surface area contributed by atoms with Crippen LogP contribution in [-0.4, -0.2) is 69.6 Å². The van der Waals surface area contributed by atoms with E-state index in [0.717, 1.165) is 24.0 Å². The molecule has 2 fully saturated rings. The molecule has 8 heteroatoms. The van der Waals surface area contributed by atoms with Crippen molar-refractivity contribution in [1.29, 1.82) is 0 Å². The van der Waals surface area contributed by atoms with Crippen LogP contribution in [0.1, 0.15) is 52.0 Å². The molecular formula is C25H27ClN4O3. The number of benzene rings is 1. The van der Waals surface area contributed by atoms with Gasteiger partial charge >= 0.3 is 0 Å². The largest absolute Gasteiger partial charge is 0.342 e. The number of pyridine rings is 1. The molecule has 0 saturated carbocycles. The summed E-state index contributed by atoms with van der Waals surface area (Å²) >= 11 is 5.81. The summed E-state index contributed by atoms with van der Waals surface area (Å²) in [7, 11) is 0. The van der Waals surface area contributed by atoms with Crippen molar-refractivity contribution in [2.45, 2.75) is 38.3 Å². The standard InChI is InChI=1S/C25H27ClN4O3/c26-22-6-5-18(15-27-22)24(32)28-11-7-17(8-12-28)23(31)29-13-9-20(10-14-29)30-16-19-3-1-2-4-21(19)25(30)33/h1-6,15,17,20H,7-14,16H2. The van der Waals surface area contributed by atoms with Crippen LogP contribution in [0.5, 0.6) is 0 Å². The maximum Gasteiger partial charge on any atom is 0.255 e. The zero-order valence-corrected chi connectivity index (χ0v) is 19.2. The molecule has 33 heavy (non-hydrogen) atoms. The zero-order valence-electron chi connectivity index (χ0n) is 18.5. The van der Waals surface area contributed by atoms with Gasteiger partial charge in [0.25, 0.3) is 11.8 Å². The van der Waals surface area contributed by atoms with Gasteiger partial charge in [-0.05, 0) is 49.4 Å². The van der Waals surface area contributed by atoms with E-state index in [0.29, 0.717) is 56.3 Å². The van der Waals surface area contributed by atoms with Crippen LogP contribution in [0.2, 0.25) is 5.15 Å². The minimum Gasteiger partial charge on any atom is -0.342 e. The highest BCUT2D eigenvalue weighted by molar-refractivity contribution is 6.29. The number of carbonyl (C=O) groups excluding carboxylic acids is 3. The van der Waals surface area contributed by atoms with Gasteiger partial charge in [0.1, 0.15) is 5.15 Å². The van der Waals surface area contributed by atoms with Gasteiger partial charge in [-0.3, -0.25) is 14.4 Å². The summed E-state index contributed by atoms with van der Waals surface area (Å²) in [4.78, 5) is 48.3. The predicted molar refractivity (Wildman–Crippen MR) is 124 cm³/mol. The third-order valence-electron chi connectivity index (χ3n) is 7.17. The summed E-state index contributed by atoms with van der Waals surface area (Å²) in [6, 6.07) is 11.3. The fourth-order valence-corrected chi connectivity index (χ4v) is 5.35. The van der Waals surface area contributed by atoms with Crippen molar-refractivity contribution >= 4 is 29.3 Å². The Hall–Kier alpha value is -2.93. The Bertz CT molecular complexity index is 1060. The van der Waals surface area contributed by atoms with Gasteiger partial charge in [-0.2, -0.15) is 0 Å². The van der Waals surface area contributed by atoms with Crippen molar-refractivity contribution in [3.05, 3.63) is 64.4 Å². The number of likely N-dealkylation sites (tertiary alicyclic amines) is 2. The smallest absolute Gasteiger partial charge is 0.255 e. The summed E-state index contributed by atoms with van der Waals surface area (Å²) in [5.41, 5.74) is 2.42. The Labute approximate surface area is 198 Å². The molecule has 0 spiro atoms. The van der Waals surface area contributed by atoms with E-state index >= 15 is 0 Å². The minimum atomic E-state index is -0.0674. The van der Waals surface area contributed by atoms with E-state index in [1.165, 1.54) is 6.20 Å². The molecule has 3 aliphatic heterocycles. The normalized spacial score (nSPS) is 19.7. The lowest BCUT2D eigenvalue weighted by Crippen LogP contribution is -2.50. The monoisotopic (exact) mass is 466 g/mol. The van der Waals surface area contributed by atoms with Crippen LogP contribution in [0, 0.1) is 5.92 Å².